The number of hydrogen-bond donors (Lipinski definition) is 0. The van der Waals surface area contributed by atoms with Crippen LogP contribution < -0.4 is 29.1 Å². The molecular formula is C33H30I2N2O6S. The van der Waals surface area contributed by atoms with Crippen molar-refractivity contribution in [2.24, 2.45) is 4.99 Å². The predicted octanol–water partition coefficient (Wildman–Crippen LogP) is 5.95. The summed E-state index contributed by atoms with van der Waals surface area (Å²) in [4.78, 5) is 33.4. The summed E-state index contributed by atoms with van der Waals surface area (Å²) in [7, 11) is 3.10. The lowest BCUT2D eigenvalue weighted by atomic mass is 9.93. The molecule has 1 aliphatic heterocycles. The summed E-state index contributed by atoms with van der Waals surface area (Å²) in [5, 5.41) is 0. The number of carbonyl (C=O) groups excluding carboxylic acids is 1. The van der Waals surface area contributed by atoms with Crippen LogP contribution in [0.4, 0.5) is 0 Å². The highest BCUT2D eigenvalue weighted by Crippen LogP contribution is 2.38. The van der Waals surface area contributed by atoms with Gasteiger partial charge in [0.1, 0.15) is 5.75 Å². The molecule has 0 bridgehead atoms. The summed E-state index contributed by atoms with van der Waals surface area (Å²) >= 11 is 5.78. The lowest BCUT2D eigenvalue weighted by molar-refractivity contribution is -0.138. The third-order valence-electron chi connectivity index (χ3n) is 6.77. The number of benzene rings is 3. The zero-order valence-corrected chi connectivity index (χ0v) is 29.9. The van der Waals surface area contributed by atoms with Crippen LogP contribution in [0.5, 0.6) is 17.2 Å². The van der Waals surface area contributed by atoms with Gasteiger partial charge in [0.15, 0.2) is 16.3 Å². The van der Waals surface area contributed by atoms with Crippen LogP contribution in [0, 0.1) is 7.14 Å². The van der Waals surface area contributed by atoms with Gasteiger partial charge < -0.3 is 18.9 Å². The van der Waals surface area contributed by atoms with Crippen LogP contribution in [0.1, 0.15) is 43.5 Å². The number of nitrogens with zero attached hydrogens (tertiary/aromatic N) is 2. The number of aromatic nitrogens is 1. The molecule has 0 saturated carbocycles. The summed E-state index contributed by atoms with van der Waals surface area (Å²) < 4.78 is 26.6. The maximum Gasteiger partial charge on any atom is 0.338 e. The average Bonchev–Trinajstić information content (AvgIpc) is 3.32. The van der Waals surface area contributed by atoms with Crippen molar-refractivity contribution in [2.45, 2.75) is 32.9 Å². The van der Waals surface area contributed by atoms with E-state index in [0.717, 1.165) is 24.0 Å². The van der Waals surface area contributed by atoms with Gasteiger partial charge >= 0.3 is 5.97 Å². The molecule has 2 heterocycles. The first-order chi connectivity index (χ1) is 21.2. The van der Waals surface area contributed by atoms with Crippen molar-refractivity contribution in [3.8, 4) is 17.2 Å². The van der Waals surface area contributed by atoms with Gasteiger partial charge in [-0.1, -0.05) is 47.7 Å². The van der Waals surface area contributed by atoms with Crippen molar-refractivity contribution in [1.29, 1.82) is 0 Å². The molecule has 0 N–H and O–H groups in total. The van der Waals surface area contributed by atoms with Gasteiger partial charge in [0.05, 0.1) is 55.9 Å². The third-order valence-corrected chi connectivity index (χ3v) is 9.35. The minimum atomic E-state index is -0.829. The molecule has 8 nitrogen and oxygen atoms in total. The topological polar surface area (TPSA) is 88.4 Å². The molecule has 11 heteroatoms. The second kappa shape index (κ2) is 13.9. The fourth-order valence-electron chi connectivity index (χ4n) is 4.94. The van der Waals surface area contributed by atoms with E-state index >= 15 is 0 Å². The number of esters is 1. The Balaban J connectivity index is 1.80. The molecule has 0 fully saturated rings. The first-order valence-corrected chi connectivity index (χ1v) is 16.8. The lowest BCUT2D eigenvalue weighted by Crippen LogP contribution is -2.40. The van der Waals surface area contributed by atoms with Crippen LogP contribution in [0.3, 0.4) is 0 Å². The minimum Gasteiger partial charge on any atom is -0.493 e. The summed E-state index contributed by atoms with van der Waals surface area (Å²) in [6, 6.07) is 18.0. The van der Waals surface area contributed by atoms with Crippen LogP contribution in [-0.4, -0.2) is 37.5 Å². The monoisotopic (exact) mass is 836 g/mol. The van der Waals surface area contributed by atoms with Crippen molar-refractivity contribution >= 4 is 74.3 Å². The van der Waals surface area contributed by atoms with Gasteiger partial charge in [-0.3, -0.25) is 9.36 Å². The van der Waals surface area contributed by atoms with Crippen molar-refractivity contribution in [2.75, 3.05) is 20.8 Å². The van der Waals surface area contributed by atoms with E-state index in [2.05, 4.69) is 45.2 Å². The number of carbonyl (C=O) groups is 1. The molecule has 0 spiro atoms. The first-order valence-electron chi connectivity index (χ1n) is 13.8. The van der Waals surface area contributed by atoms with Crippen molar-refractivity contribution in [1.82, 2.24) is 4.57 Å². The molecule has 44 heavy (non-hydrogen) atoms. The van der Waals surface area contributed by atoms with Gasteiger partial charge in [0.2, 0.25) is 0 Å². The van der Waals surface area contributed by atoms with Crippen molar-refractivity contribution < 1.29 is 23.7 Å². The van der Waals surface area contributed by atoms with Crippen molar-refractivity contribution in [3.63, 3.8) is 0 Å². The molecule has 228 valence electrons. The average molecular weight is 836 g/mol. The van der Waals surface area contributed by atoms with Gasteiger partial charge in [-0.15, -0.1) is 0 Å². The Labute approximate surface area is 286 Å². The molecule has 0 aliphatic carbocycles. The number of thiazole rings is 1. The Morgan fingerprint density at radius 3 is 2.32 bits per heavy atom. The van der Waals surface area contributed by atoms with E-state index in [-0.39, 0.29) is 23.8 Å². The van der Waals surface area contributed by atoms with E-state index < -0.39 is 12.0 Å². The zero-order valence-electron chi connectivity index (χ0n) is 24.7. The highest BCUT2D eigenvalue weighted by Gasteiger charge is 2.35. The summed E-state index contributed by atoms with van der Waals surface area (Å²) in [6.45, 7) is 5.90. The largest absolute Gasteiger partial charge is 0.493 e. The second-order valence-electron chi connectivity index (χ2n) is 10.0. The van der Waals surface area contributed by atoms with E-state index in [0.29, 0.717) is 32.1 Å². The molecule has 5 rings (SSSR count). The maximum absolute atomic E-state index is 14.3. The Hall–Kier alpha value is -3.17. The number of ether oxygens (including phenoxy) is 4. The number of rotatable bonds is 9. The highest BCUT2D eigenvalue weighted by atomic mass is 127. The standard InChI is InChI=1S/C33H30I2N2O6S/c1-6-42-32(39)27-28(20-10-8-7-9-11-20)36-33-37(29(27)21-12-13-24(40-4)25(17-21)41-5)31(38)26(44-33)16-19-14-22(34)30(23(35)15-19)43-18(2)3/h7-18,29H,6H2,1-5H3/b26-16-/t29-/m0/s1. The SMILES string of the molecule is CCOC(=O)C1=C(c2ccccc2)N=c2s/c(=C\c3cc(I)c(OC(C)C)c(I)c3)c(=O)n2[C@H]1c1ccc(OC)c(OC)c1. The molecule has 3 aromatic carbocycles. The molecular weight excluding hydrogens is 806 g/mol. The van der Waals surface area contributed by atoms with Crippen LogP contribution in [0.2, 0.25) is 0 Å². The van der Waals surface area contributed by atoms with E-state index in [1.54, 1.807) is 37.8 Å². The zero-order chi connectivity index (χ0) is 31.5. The molecule has 0 unspecified atom stereocenters. The van der Waals surface area contributed by atoms with Crippen LogP contribution in [0.25, 0.3) is 11.8 Å². The summed E-state index contributed by atoms with van der Waals surface area (Å²) in [6.07, 6.45) is 1.89. The molecule has 1 atom stereocenters. The fourth-order valence-corrected chi connectivity index (χ4v) is 8.01. The summed E-state index contributed by atoms with van der Waals surface area (Å²) in [5.74, 6) is 1.28. The normalized spacial score (nSPS) is 14.7. The highest BCUT2D eigenvalue weighted by molar-refractivity contribution is 14.1. The van der Waals surface area contributed by atoms with Gasteiger partial charge in [-0.25, -0.2) is 9.79 Å². The Morgan fingerprint density at radius 1 is 1.02 bits per heavy atom. The number of hydrogen-bond acceptors (Lipinski definition) is 8. The number of halogens is 2. The Morgan fingerprint density at radius 2 is 1.70 bits per heavy atom. The minimum absolute atomic E-state index is 0.0376. The smallest absolute Gasteiger partial charge is 0.338 e. The Bertz CT molecular complexity index is 1910. The van der Waals surface area contributed by atoms with Crippen LogP contribution in [-0.2, 0) is 9.53 Å². The van der Waals surface area contributed by atoms with Crippen LogP contribution >= 0.6 is 56.5 Å². The quantitative estimate of drug-likeness (QED) is 0.153. The molecule has 0 saturated heterocycles. The molecule has 1 aromatic heterocycles. The van der Waals surface area contributed by atoms with E-state index in [4.69, 9.17) is 23.9 Å². The lowest BCUT2D eigenvalue weighted by Gasteiger charge is -2.26. The van der Waals surface area contributed by atoms with E-state index in [1.165, 1.54) is 11.3 Å². The number of fused-ring (bicyclic) bond motifs is 1. The van der Waals surface area contributed by atoms with E-state index in [9.17, 15) is 9.59 Å². The van der Waals surface area contributed by atoms with Gasteiger partial charge in [-0.05, 0) is 107 Å². The molecule has 0 amide bonds. The molecule has 0 radical (unpaired) electrons. The number of methoxy groups -OCH3 is 2. The van der Waals surface area contributed by atoms with Crippen molar-refractivity contribution in [3.05, 3.63) is 110 Å². The second-order valence-corrected chi connectivity index (χ2v) is 13.4. The van der Waals surface area contributed by atoms with Crippen LogP contribution in [0.15, 0.2) is 76.0 Å². The van der Waals surface area contributed by atoms with Gasteiger partial charge in [-0.2, -0.15) is 0 Å². The van der Waals surface area contributed by atoms with E-state index in [1.807, 2.05) is 68.5 Å². The first kappa shape index (κ1) is 32.2. The van der Waals surface area contributed by atoms with Gasteiger partial charge in [0.25, 0.3) is 5.56 Å². The molecule has 4 aromatic rings. The predicted molar refractivity (Wildman–Crippen MR) is 188 cm³/mol. The summed E-state index contributed by atoms with van der Waals surface area (Å²) in [5.41, 5.74) is 2.70. The van der Waals surface area contributed by atoms with Gasteiger partial charge in [0, 0.05) is 5.56 Å². The third kappa shape index (κ3) is 6.45. The fraction of sp³-hybridized carbons (Fsp3) is 0.242. The maximum atomic E-state index is 14.3. The molecule has 1 aliphatic rings. The Kier molecular flexibility index (Phi) is 10.2.